The van der Waals surface area contributed by atoms with Gasteiger partial charge in [0.15, 0.2) is 0 Å². The Balaban J connectivity index is 1.70. The molecule has 0 saturated heterocycles. The molecule has 6 nitrogen and oxygen atoms in total. The molecular weight excluding hydrogens is 420 g/mol. The average Bonchev–Trinajstić information content (AvgIpc) is 3.18. The first kappa shape index (κ1) is 22.4. The number of aryl methyl sites for hydroxylation is 2. The van der Waals surface area contributed by atoms with Gasteiger partial charge in [0, 0.05) is 19.0 Å². The summed E-state index contributed by atoms with van der Waals surface area (Å²) in [4.78, 5) is 4.82. The lowest BCUT2D eigenvalue weighted by Gasteiger charge is -2.21. The molecule has 0 aliphatic carbocycles. The molecule has 0 saturated carbocycles. The summed E-state index contributed by atoms with van der Waals surface area (Å²) in [6.07, 6.45) is 0. The molecule has 2 aromatic carbocycles. The first-order chi connectivity index (χ1) is 14.4. The fourth-order valence-electron chi connectivity index (χ4n) is 2.78. The van der Waals surface area contributed by atoms with E-state index < -0.39 is 10.0 Å². The average molecular weight is 447 g/mol. The summed E-state index contributed by atoms with van der Waals surface area (Å²) in [5, 5.41) is 2.67. The predicted molar refractivity (Wildman–Crippen MR) is 118 cm³/mol. The third-order valence-corrected chi connectivity index (χ3v) is 7.26. The van der Waals surface area contributed by atoms with Gasteiger partial charge in [-0.25, -0.2) is 13.4 Å². The zero-order valence-electron chi connectivity index (χ0n) is 17.4. The Labute approximate surface area is 182 Å². The van der Waals surface area contributed by atoms with Crippen LogP contribution < -0.4 is 4.74 Å². The highest BCUT2D eigenvalue weighted by Crippen LogP contribution is 2.21. The van der Waals surface area contributed by atoms with Crippen molar-refractivity contribution in [1.82, 2.24) is 9.29 Å². The standard InChI is InChI=1S/C22H26N2O4S2/c1-17-4-8-20(9-5-17)28-15-22-23-19(16-29-22)14-24(12-13-27-3)30(25,26)21-10-6-18(2)7-11-21/h4-11,16H,12-15H2,1-3H3. The lowest BCUT2D eigenvalue weighted by Crippen LogP contribution is -2.33. The number of sulfonamides is 1. The second-order valence-electron chi connectivity index (χ2n) is 6.98. The molecule has 0 atom stereocenters. The maximum atomic E-state index is 13.1. The van der Waals surface area contributed by atoms with Gasteiger partial charge in [0.25, 0.3) is 0 Å². The number of benzene rings is 2. The van der Waals surface area contributed by atoms with Crippen LogP contribution in [0.5, 0.6) is 5.75 Å². The largest absolute Gasteiger partial charge is 0.486 e. The normalized spacial score (nSPS) is 11.7. The monoisotopic (exact) mass is 446 g/mol. The van der Waals surface area contributed by atoms with Crippen molar-refractivity contribution < 1.29 is 17.9 Å². The van der Waals surface area contributed by atoms with Gasteiger partial charge < -0.3 is 9.47 Å². The molecule has 8 heteroatoms. The van der Waals surface area contributed by atoms with E-state index in [0.717, 1.165) is 16.3 Å². The van der Waals surface area contributed by atoms with E-state index >= 15 is 0 Å². The Morgan fingerprint density at radius 1 is 1.00 bits per heavy atom. The number of thiazole rings is 1. The smallest absolute Gasteiger partial charge is 0.243 e. The Kier molecular flexibility index (Phi) is 7.60. The van der Waals surface area contributed by atoms with E-state index in [9.17, 15) is 8.42 Å². The van der Waals surface area contributed by atoms with Gasteiger partial charge in [0.05, 0.1) is 23.7 Å². The van der Waals surface area contributed by atoms with Crippen LogP contribution in [0.2, 0.25) is 0 Å². The van der Waals surface area contributed by atoms with Crippen molar-refractivity contribution in [2.24, 2.45) is 0 Å². The maximum Gasteiger partial charge on any atom is 0.243 e. The third-order valence-electron chi connectivity index (χ3n) is 4.52. The highest BCUT2D eigenvalue weighted by molar-refractivity contribution is 7.89. The van der Waals surface area contributed by atoms with E-state index in [1.807, 2.05) is 43.5 Å². The molecule has 0 aliphatic heterocycles. The number of aromatic nitrogens is 1. The van der Waals surface area contributed by atoms with E-state index in [1.54, 1.807) is 31.4 Å². The van der Waals surface area contributed by atoms with Gasteiger partial charge in [-0.2, -0.15) is 4.31 Å². The van der Waals surface area contributed by atoms with Crippen molar-refractivity contribution >= 4 is 21.4 Å². The number of hydrogen-bond donors (Lipinski definition) is 0. The summed E-state index contributed by atoms with van der Waals surface area (Å²) >= 11 is 1.46. The second kappa shape index (κ2) is 10.2. The Morgan fingerprint density at radius 2 is 1.63 bits per heavy atom. The van der Waals surface area contributed by atoms with Crippen molar-refractivity contribution in [2.45, 2.75) is 31.9 Å². The SMILES string of the molecule is COCCN(Cc1csc(COc2ccc(C)cc2)n1)S(=O)(=O)c1ccc(C)cc1. The number of hydrogen-bond acceptors (Lipinski definition) is 6. The number of nitrogens with zero attached hydrogens (tertiary/aromatic N) is 2. The van der Waals surface area contributed by atoms with Gasteiger partial charge in [0.1, 0.15) is 17.4 Å². The zero-order chi connectivity index (χ0) is 21.6. The van der Waals surface area contributed by atoms with Gasteiger partial charge >= 0.3 is 0 Å². The van der Waals surface area contributed by atoms with Gasteiger partial charge in [-0.15, -0.1) is 11.3 Å². The molecule has 0 N–H and O–H groups in total. The van der Waals surface area contributed by atoms with Crippen LogP contribution in [0.4, 0.5) is 0 Å². The molecule has 1 aromatic heterocycles. The number of ether oxygens (including phenoxy) is 2. The van der Waals surface area contributed by atoms with Crippen LogP contribution >= 0.6 is 11.3 Å². The zero-order valence-corrected chi connectivity index (χ0v) is 19.0. The summed E-state index contributed by atoms with van der Waals surface area (Å²) in [5.41, 5.74) is 2.87. The van der Waals surface area contributed by atoms with Crippen LogP contribution in [-0.4, -0.2) is 38.0 Å². The molecule has 0 fully saturated rings. The fraction of sp³-hybridized carbons (Fsp3) is 0.318. The quantitative estimate of drug-likeness (QED) is 0.467. The summed E-state index contributed by atoms with van der Waals surface area (Å²) < 4.78 is 38.5. The molecule has 3 aromatic rings. The lowest BCUT2D eigenvalue weighted by atomic mass is 10.2. The molecule has 1 heterocycles. The van der Waals surface area contributed by atoms with Gasteiger partial charge in [-0.1, -0.05) is 35.4 Å². The first-order valence-corrected chi connectivity index (χ1v) is 11.9. The van der Waals surface area contributed by atoms with Gasteiger partial charge in [-0.3, -0.25) is 0 Å². The molecule has 30 heavy (non-hydrogen) atoms. The summed E-state index contributed by atoms with van der Waals surface area (Å²) in [6.45, 7) is 5.03. The molecule has 160 valence electrons. The van der Waals surface area contributed by atoms with E-state index in [-0.39, 0.29) is 18.0 Å². The molecular formula is C22H26N2O4S2. The summed E-state index contributed by atoms with van der Waals surface area (Å²) in [5.74, 6) is 0.779. The van der Waals surface area contributed by atoms with Crippen molar-refractivity contribution in [3.63, 3.8) is 0 Å². The van der Waals surface area contributed by atoms with Gasteiger partial charge in [-0.05, 0) is 38.1 Å². The minimum absolute atomic E-state index is 0.181. The van der Waals surface area contributed by atoms with Crippen molar-refractivity contribution in [3.05, 3.63) is 75.7 Å². The minimum Gasteiger partial charge on any atom is -0.486 e. The summed E-state index contributed by atoms with van der Waals surface area (Å²) in [6, 6.07) is 14.7. The maximum absolute atomic E-state index is 13.1. The highest BCUT2D eigenvalue weighted by atomic mass is 32.2. The molecule has 0 bridgehead atoms. The van der Waals surface area contributed by atoms with Gasteiger partial charge in [0.2, 0.25) is 10.0 Å². The van der Waals surface area contributed by atoms with Crippen molar-refractivity contribution in [3.8, 4) is 5.75 Å². The van der Waals surface area contributed by atoms with E-state index in [1.165, 1.54) is 21.2 Å². The second-order valence-corrected chi connectivity index (χ2v) is 9.86. The van der Waals surface area contributed by atoms with Crippen LogP contribution in [0.3, 0.4) is 0 Å². The van der Waals surface area contributed by atoms with Crippen LogP contribution in [0.1, 0.15) is 21.8 Å². The molecule has 0 aliphatic rings. The summed E-state index contributed by atoms with van der Waals surface area (Å²) in [7, 11) is -2.10. The topological polar surface area (TPSA) is 68.7 Å². The van der Waals surface area contributed by atoms with E-state index in [2.05, 4.69) is 4.98 Å². The lowest BCUT2D eigenvalue weighted by molar-refractivity contribution is 0.177. The molecule has 0 spiro atoms. The fourth-order valence-corrected chi connectivity index (χ4v) is 4.88. The van der Waals surface area contributed by atoms with E-state index in [4.69, 9.17) is 9.47 Å². The Morgan fingerprint density at radius 3 is 2.27 bits per heavy atom. The van der Waals surface area contributed by atoms with Crippen LogP contribution in [0.25, 0.3) is 0 Å². The van der Waals surface area contributed by atoms with Crippen LogP contribution in [0, 0.1) is 13.8 Å². The minimum atomic E-state index is -3.65. The van der Waals surface area contributed by atoms with Crippen molar-refractivity contribution in [2.75, 3.05) is 20.3 Å². The molecule has 0 radical (unpaired) electrons. The highest BCUT2D eigenvalue weighted by Gasteiger charge is 2.25. The van der Waals surface area contributed by atoms with Crippen molar-refractivity contribution in [1.29, 1.82) is 0 Å². The Bertz CT molecular complexity index is 1050. The molecule has 0 amide bonds. The number of methoxy groups -OCH3 is 1. The third kappa shape index (κ3) is 5.89. The Hall–Kier alpha value is -2.26. The van der Waals surface area contributed by atoms with Crippen LogP contribution in [0.15, 0.2) is 58.8 Å². The first-order valence-electron chi connectivity index (χ1n) is 9.57. The molecule has 0 unspecified atom stereocenters. The predicted octanol–water partition coefficient (Wildman–Crippen LogP) is 4.18. The molecule has 3 rings (SSSR count). The van der Waals surface area contributed by atoms with Crippen LogP contribution in [-0.2, 0) is 27.9 Å². The number of rotatable bonds is 10. The van der Waals surface area contributed by atoms with E-state index in [0.29, 0.717) is 18.9 Å².